The molecule has 4 rings (SSSR count). The van der Waals surface area contributed by atoms with Crippen molar-refractivity contribution in [3.05, 3.63) is 48.2 Å². The van der Waals surface area contributed by atoms with Crippen LogP contribution in [0, 0.1) is 0 Å². The number of carbonyl (C=O) groups excluding carboxylic acids is 1. The molecule has 0 aromatic carbocycles. The van der Waals surface area contributed by atoms with Gasteiger partial charge in [-0.15, -0.1) is 0 Å². The Morgan fingerprint density at radius 2 is 2.12 bits per heavy atom. The van der Waals surface area contributed by atoms with Crippen molar-refractivity contribution in [2.45, 2.75) is 18.8 Å². The summed E-state index contributed by atoms with van der Waals surface area (Å²) in [6.07, 6.45) is 7.18. The molecule has 1 saturated heterocycles. The van der Waals surface area contributed by atoms with Gasteiger partial charge in [0.2, 0.25) is 5.88 Å². The van der Waals surface area contributed by atoms with Crippen LogP contribution in [0.15, 0.2) is 36.8 Å². The molecular formula is C18H19N5O3. The molecule has 1 fully saturated rings. The van der Waals surface area contributed by atoms with Crippen molar-refractivity contribution in [3.63, 3.8) is 0 Å². The van der Waals surface area contributed by atoms with Gasteiger partial charge in [-0.25, -0.2) is 9.97 Å². The second-order valence-electron chi connectivity index (χ2n) is 6.11. The van der Waals surface area contributed by atoms with Gasteiger partial charge >= 0.3 is 0 Å². The smallest absolute Gasteiger partial charge is 0.276 e. The fourth-order valence-corrected chi connectivity index (χ4v) is 3.00. The molecule has 8 nitrogen and oxygen atoms in total. The van der Waals surface area contributed by atoms with Gasteiger partial charge in [-0.3, -0.25) is 4.79 Å². The predicted octanol–water partition coefficient (Wildman–Crippen LogP) is 2.28. The van der Waals surface area contributed by atoms with E-state index in [0.717, 1.165) is 37.4 Å². The van der Waals surface area contributed by atoms with Crippen LogP contribution in [-0.4, -0.2) is 45.6 Å². The van der Waals surface area contributed by atoms with Gasteiger partial charge in [-0.05, 0) is 18.9 Å². The number of pyridine rings is 1. The highest BCUT2D eigenvalue weighted by molar-refractivity contribution is 6.02. The first-order chi connectivity index (χ1) is 12.7. The number of anilines is 1. The highest BCUT2D eigenvalue weighted by atomic mass is 16.5. The lowest BCUT2D eigenvalue weighted by atomic mass is 9.97. The number of nitrogens with one attached hydrogen (secondary N) is 1. The topological polar surface area (TPSA) is 90.6 Å². The van der Waals surface area contributed by atoms with E-state index in [1.165, 1.54) is 7.11 Å². The molecule has 0 radical (unpaired) electrons. The van der Waals surface area contributed by atoms with Gasteiger partial charge < -0.3 is 19.2 Å². The minimum atomic E-state index is -0.339. The Morgan fingerprint density at radius 1 is 1.27 bits per heavy atom. The Labute approximate surface area is 150 Å². The number of fused-ring (bicyclic) bond motifs is 1. The molecule has 8 heteroatoms. The number of methoxy groups -OCH3 is 1. The van der Waals surface area contributed by atoms with Crippen molar-refractivity contribution in [1.82, 2.24) is 19.4 Å². The van der Waals surface area contributed by atoms with Gasteiger partial charge in [0.1, 0.15) is 11.5 Å². The molecule has 3 aromatic heterocycles. The summed E-state index contributed by atoms with van der Waals surface area (Å²) in [5.41, 5.74) is 2.03. The van der Waals surface area contributed by atoms with Gasteiger partial charge in [0.15, 0.2) is 5.65 Å². The van der Waals surface area contributed by atoms with E-state index in [0.29, 0.717) is 17.6 Å². The van der Waals surface area contributed by atoms with Gasteiger partial charge in [0, 0.05) is 37.6 Å². The number of carbonyl (C=O) groups is 1. The highest BCUT2D eigenvalue weighted by Gasteiger charge is 2.19. The number of ether oxygens (including phenoxy) is 2. The minimum absolute atomic E-state index is 0.290. The molecule has 0 atom stereocenters. The molecule has 0 spiro atoms. The summed E-state index contributed by atoms with van der Waals surface area (Å²) in [6.45, 7) is 1.52. The zero-order chi connectivity index (χ0) is 17.9. The minimum Gasteiger partial charge on any atom is -0.481 e. The summed E-state index contributed by atoms with van der Waals surface area (Å²) >= 11 is 0. The number of imidazole rings is 1. The number of nitrogens with zero attached hydrogens (tertiary/aromatic N) is 4. The molecule has 1 amide bonds. The van der Waals surface area contributed by atoms with Crippen LogP contribution in [-0.2, 0) is 4.74 Å². The largest absolute Gasteiger partial charge is 0.481 e. The van der Waals surface area contributed by atoms with E-state index >= 15 is 0 Å². The third-order valence-corrected chi connectivity index (χ3v) is 4.41. The van der Waals surface area contributed by atoms with Crippen molar-refractivity contribution in [3.8, 4) is 5.88 Å². The van der Waals surface area contributed by atoms with E-state index < -0.39 is 0 Å². The first kappa shape index (κ1) is 16.5. The number of aromatic nitrogens is 4. The Bertz CT molecular complexity index is 933. The monoisotopic (exact) mass is 353 g/mol. The van der Waals surface area contributed by atoms with Crippen LogP contribution in [0.4, 0.5) is 5.82 Å². The van der Waals surface area contributed by atoms with Crippen LogP contribution in [0.1, 0.15) is 34.9 Å². The van der Waals surface area contributed by atoms with E-state index in [-0.39, 0.29) is 11.6 Å². The second-order valence-corrected chi connectivity index (χ2v) is 6.11. The number of amides is 1. The summed E-state index contributed by atoms with van der Waals surface area (Å²) in [6, 6.07) is 5.16. The lowest BCUT2D eigenvalue weighted by Gasteiger charge is -2.19. The maximum Gasteiger partial charge on any atom is 0.276 e. The first-order valence-corrected chi connectivity index (χ1v) is 8.48. The van der Waals surface area contributed by atoms with Gasteiger partial charge in [-0.2, -0.15) is 4.98 Å². The zero-order valence-electron chi connectivity index (χ0n) is 14.4. The summed E-state index contributed by atoms with van der Waals surface area (Å²) < 4.78 is 12.3. The third kappa shape index (κ3) is 3.36. The predicted molar refractivity (Wildman–Crippen MR) is 94.5 cm³/mol. The normalized spacial score (nSPS) is 15.1. The SMILES string of the molecule is COc1cccc(NC(=O)c2cn3cc(C4CCOCC4)nc3cn2)n1. The fraction of sp³-hybridized carbons (Fsp3) is 0.333. The van der Waals surface area contributed by atoms with Crippen LogP contribution in [0.25, 0.3) is 5.65 Å². The standard InChI is InChI=1S/C18H19N5O3/c1-25-17-4-2-3-15(21-17)22-18(24)14-11-23-10-13(20-16(23)9-19-14)12-5-7-26-8-6-12/h2-4,9-12H,5-8H2,1H3,(H,21,22,24). The molecule has 26 heavy (non-hydrogen) atoms. The average Bonchev–Trinajstić information content (AvgIpc) is 3.12. The molecule has 0 bridgehead atoms. The molecule has 0 aliphatic carbocycles. The van der Waals surface area contributed by atoms with E-state index in [9.17, 15) is 4.79 Å². The zero-order valence-corrected chi connectivity index (χ0v) is 14.4. The van der Waals surface area contributed by atoms with E-state index in [2.05, 4.69) is 20.3 Å². The maximum absolute atomic E-state index is 12.5. The third-order valence-electron chi connectivity index (χ3n) is 4.41. The first-order valence-electron chi connectivity index (χ1n) is 8.48. The Morgan fingerprint density at radius 3 is 2.92 bits per heavy atom. The molecular weight excluding hydrogens is 334 g/mol. The van der Waals surface area contributed by atoms with Crippen LogP contribution in [0.3, 0.4) is 0 Å². The van der Waals surface area contributed by atoms with E-state index in [1.807, 2.05) is 10.6 Å². The van der Waals surface area contributed by atoms with Gasteiger partial charge in [0.25, 0.3) is 5.91 Å². The quantitative estimate of drug-likeness (QED) is 0.774. The lowest BCUT2D eigenvalue weighted by molar-refractivity contribution is 0.0846. The lowest BCUT2D eigenvalue weighted by Crippen LogP contribution is -2.15. The fourth-order valence-electron chi connectivity index (χ4n) is 3.00. The molecule has 0 unspecified atom stereocenters. The Balaban J connectivity index is 1.55. The van der Waals surface area contributed by atoms with Crippen molar-refractivity contribution >= 4 is 17.4 Å². The van der Waals surface area contributed by atoms with Gasteiger partial charge in [-0.1, -0.05) is 6.07 Å². The van der Waals surface area contributed by atoms with Crippen molar-refractivity contribution in [2.24, 2.45) is 0 Å². The summed E-state index contributed by atoms with van der Waals surface area (Å²) in [5.74, 6) is 0.891. The van der Waals surface area contributed by atoms with Crippen molar-refractivity contribution < 1.29 is 14.3 Å². The second kappa shape index (κ2) is 7.09. The number of rotatable bonds is 4. The summed E-state index contributed by atoms with van der Waals surface area (Å²) in [4.78, 5) is 25.5. The van der Waals surface area contributed by atoms with E-state index in [1.54, 1.807) is 30.6 Å². The molecule has 0 saturated carbocycles. The molecule has 4 heterocycles. The Hall–Kier alpha value is -3.00. The average molecular weight is 353 g/mol. The number of hydrogen-bond donors (Lipinski definition) is 1. The van der Waals surface area contributed by atoms with Crippen LogP contribution >= 0.6 is 0 Å². The van der Waals surface area contributed by atoms with E-state index in [4.69, 9.17) is 9.47 Å². The molecule has 1 aliphatic rings. The maximum atomic E-state index is 12.5. The molecule has 134 valence electrons. The van der Waals surface area contributed by atoms with Crippen LogP contribution in [0.5, 0.6) is 5.88 Å². The summed E-state index contributed by atoms with van der Waals surface area (Å²) in [7, 11) is 1.53. The summed E-state index contributed by atoms with van der Waals surface area (Å²) in [5, 5.41) is 2.72. The highest BCUT2D eigenvalue weighted by Crippen LogP contribution is 2.26. The van der Waals surface area contributed by atoms with Crippen molar-refractivity contribution in [2.75, 3.05) is 25.6 Å². The van der Waals surface area contributed by atoms with Crippen LogP contribution < -0.4 is 10.1 Å². The van der Waals surface area contributed by atoms with Crippen molar-refractivity contribution in [1.29, 1.82) is 0 Å². The Kier molecular flexibility index (Phi) is 4.49. The van der Waals surface area contributed by atoms with Crippen LogP contribution in [0.2, 0.25) is 0 Å². The van der Waals surface area contributed by atoms with Gasteiger partial charge in [0.05, 0.1) is 19.0 Å². The molecule has 1 N–H and O–H groups in total. The molecule has 3 aromatic rings. The number of hydrogen-bond acceptors (Lipinski definition) is 6. The molecule has 1 aliphatic heterocycles.